The van der Waals surface area contributed by atoms with E-state index in [2.05, 4.69) is 24.6 Å². The average Bonchev–Trinajstić information content (AvgIpc) is 3.31. The molecule has 0 bridgehead atoms. The molecule has 8 nitrogen and oxygen atoms in total. The van der Waals surface area contributed by atoms with Crippen LogP contribution in [0.25, 0.3) is 0 Å². The monoisotopic (exact) mass is 383 g/mol. The second kappa shape index (κ2) is 7.63. The van der Waals surface area contributed by atoms with E-state index >= 15 is 0 Å². The van der Waals surface area contributed by atoms with E-state index in [1.165, 1.54) is 18.4 Å². The van der Waals surface area contributed by atoms with Gasteiger partial charge in [-0.2, -0.15) is 15.0 Å². The molecule has 0 aromatic carbocycles. The van der Waals surface area contributed by atoms with Crippen LogP contribution in [0.5, 0.6) is 6.01 Å². The number of hydrogen-bond acceptors (Lipinski definition) is 8. The lowest BCUT2D eigenvalue weighted by Gasteiger charge is -2.16. The van der Waals surface area contributed by atoms with Gasteiger partial charge in [0, 0.05) is 18.0 Å². The van der Waals surface area contributed by atoms with E-state index in [4.69, 9.17) is 4.74 Å². The Morgan fingerprint density at radius 3 is 2.64 bits per heavy atom. The molecule has 0 saturated carbocycles. The fourth-order valence-corrected chi connectivity index (χ4v) is 4.86. The Kier molecular flexibility index (Phi) is 5.50. The van der Waals surface area contributed by atoms with Gasteiger partial charge in [-0.05, 0) is 31.4 Å². The molecule has 1 aliphatic heterocycles. The second-order valence-electron chi connectivity index (χ2n) is 5.63. The van der Waals surface area contributed by atoms with Crippen LogP contribution >= 0.6 is 11.3 Å². The minimum Gasteiger partial charge on any atom is -0.467 e. The first-order valence-electron chi connectivity index (χ1n) is 8.14. The molecule has 1 saturated heterocycles. The third-order valence-corrected chi connectivity index (χ3v) is 7.01. The maximum atomic E-state index is 12.4. The molecule has 3 rings (SSSR count). The average molecular weight is 383 g/mol. The molecule has 3 heterocycles. The normalized spacial score (nSPS) is 14.9. The summed E-state index contributed by atoms with van der Waals surface area (Å²) >= 11 is 1.27. The molecule has 1 fully saturated rings. The minimum atomic E-state index is -3.59. The Morgan fingerprint density at radius 1 is 1.24 bits per heavy atom. The fourth-order valence-electron chi connectivity index (χ4n) is 2.54. The van der Waals surface area contributed by atoms with Gasteiger partial charge in [-0.1, -0.05) is 6.92 Å². The highest BCUT2D eigenvalue weighted by molar-refractivity contribution is 7.91. The lowest BCUT2D eigenvalue weighted by atomic mass is 10.4. The van der Waals surface area contributed by atoms with Crippen molar-refractivity contribution in [1.82, 2.24) is 19.7 Å². The molecule has 2 aromatic rings. The minimum absolute atomic E-state index is 0.0125. The smallest absolute Gasteiger partial charge is 0.321 e. The van der Waals surface area contributed by atoms with Crippen LogP contribution in [-0.2, 0) is 23.0 Å². The summed E-state index contributed by atoms with van der Waals surface area (Å²) in [6, 6.07) is 3.64. The Hall–Kier alpha value is -1.78. The van der Waals surface area contributed by atoms with Crippen molar-refractivity contribution in [3.8, 4) is 6.01 Å². The van der Waals surface area contributed by atoms with Crippen molar-refractivity contribution in [2.45, 2.75) is 36.9 Å². The van der Waals surface area contributed by atoms with Crippen LogP contribution in [0.2, 0.25) is 0 Å². The Balaban J connectivity index is 1.76. The maximum absolute atomic E-state index is 12.4. The highest BCUT2D eigenvalue weighted by Gasteiger charge is 2.20. The van der Waals surface area contributed by atoms with Crippen LogP contribution in [-0.4, -0.2) is 43.6 Å². The Labute approximate surface area is 151 Å². The van der Waals surface area contributed by atoms with Gasteiger partial charge in [0.25, 0.3) is 0 Å². The molecule has 2 aromatic heterocycles. The van der Waals surface area contributed by atoms with E-state index in [1.54, 1.807) is 6.07 Å². The van der Waals surface area contributed by atoms with Crippen LogP contribution in [0.4, 0.5) is 5.95 Å². The first-order chi connectivity index (χ1) is 12.0. The lowest BCUT2D eigenvalue weighted by Crippen LogP contribution is -2.26. The van der Waals surface area contributed by atoms with E-state index in [9.17, 15) is 8.42 Å². The third-order valence-electron chi connectivity index (χ3n) is 3.89. The topological polar surface area (TPSA) is 97.3 Å². The zero-order chi connectivity index (χ0) is 17.9. The number of nitrogens with zero attached hydrogens (tertiary/aromatic N) is 4. The van der Waals surface area contributed by atoms with Crippen molar-refractivity contribution in [2.75, 3.05) is 25.1 Å². The van der Waals surface area contributed by atoms with Gasteiger partial charge in [-0.25, -0.2) is 13.1 Å². The van der Waals surface area contributed by atoms with Crippen molar-refractivity contribution >= 4 is 27.3 Å². The molecule has 1 N–H and O–H groups in total. The van der Waals surface area contributed by atoms with E-state index in [1.807, 2.05) is 13.0 Å². The number of anilines is 1. The largest absolute Gasteiger partial charge is 0.467 e. The number of aromatic nitrogens is 3. The Bertz CT molecular complexity index is 831. The molecule has 0 unspecified atom stereocenters. The third kappa shape index (κ3) is 4.25. The zero-order valence-corrected chi connectivity index (χ0v) is 15.9. The summed E-state index contributed by atoms with van der Waals surface area (Å²) < 4.78 is 32.8. The number of aryl methyl sites for hydroxylation is 1. The summed E-state index contributed by atoms with van der Waals surface area (Å²) in [4.78, 5) is 15.9. The summed E-state index contributed by atoms with van der Waals surface area (Å²) in [5.41, 5.74) is 0. The number of thiophene rings is 1. The predicted molar refractivity (Wildman–Crippen MR) is 95.5 cm³/mol. The quantitative estimate of drug-likeness (QED) is 0.775. The first-order valence-corrected chi connectivity index (χ1v) is 10.4. The SMILES string of the molecule is CCc1ccc(S(=O)(=O)NCc2nc(OC)nc(N3CCCC3)n2)s1. The van der Waals surface area contributed by atoms with E-state index < -0.39 is 10.0 Å². The summed E-state index contributed by atoms with van der Waals surface area (Å²) in [6.45, 7) is 3.74. The van der Waals surface area contributed by atoms with Crippen molar-refractivity contribution < 1.29 is 13.2 Å². The van der Waals surface area contributed by atoms with Gasteiger partial charge in [0.15, 0.2) is 5.82 Å². The molecule has 0 radical (unpaired) electrons. The van der Waals surface area contributed by atoms with Gasteiger partial charge >= 0.3 is 6.01 Å². The molecule has 1 aliphatic rings. The van der Waals surface area contributed by atoms with Crippen molar-refractivity contribution in [2.24, 2.45) is 0 Å². The van der Waals surface area contributed by atoms with Gasteiger partial charge < -0.3 is 9.64 Å². The summed E-state index contributed by atoms with van der Waals surface area (Å²) in [6.07, 6.45) is 2.99. The number of sulfonamides is 1. The van der Waals surface area contributed by atoms with E-state index in [-0.39, 0.29) is 12.6 Å². The van der Waals surface area contributed by atoms with E-state index in [0.717, 1.165) is 37.2 Å². The maximum Gasteiger partial charge on any atom is 0.321 e. The van der Waals surface area contributed by atoms with Crippen LogP contribution < -0.4 is 14.4 Å². The molecular formula is C15H21N5O3S2. The fraction of sp³-hybridized carbons (Fsp3) is 0.533. The van der Waals surface area contributed by atoms with Crippen molar-refractivity contribution in [3.05, 3.63) is 22.8 Å². The number of ether oxygens (including phenoxy) is 1. The highest BCUT2D eigenvalue weighted by Crippen LogP contribution is 2.22. The lowest BCUT2D eigenvalue weighted by molar-refractivity contribution is 0.375. The van der Waals surface area contributed by atoms with Gasteiger partial charge in [0.05, 0.1) is 13.7 Å². The van der Waals surface area contributed by atoms with Crippen LogP contribution in [0.3, 0.4) is 0 Å². The second-order valence-corrected chi connectivity index (χ2v) is 8.79. The Morgan fingerprint density at radius 2 is 2.00 bits per heavy atom. The predicted octanol–water partition coefficient (Wildman–Crippen LogP) is 1.58. The summed E-state index contributed by atoms with van der Waals surface area (Å²) in [5, 5.41) is 0. The van der Waals surface area contributed by atoms with Crippen molar-refractivity contribution in [3.63, 3.8) is 0 Å². The summed E-state index contributed by atoms with van der Waals surface area (Å²) in [7, 11) is -2.10. The number of nitrogens with one attached hydrogen (secondary N) is 1. The molecule has 0 atom stereocenters. The number of methoxy groups -OCH3 is 1. The van der Waals surface area contributed by atoms with Gasteiger partial charge in [0.2, 0.25) is 16.0 Å². The number of hydrogen-bond donors (Lipinski definition) is 1. The van der Waals surface area contributed by atoms with Crippen LogP contribution in [0, 0.1) is 0 Å². The van der Waals surface area contributed by atoms with Crippen LogP contribution in [0.1, 0.15) is 30.5 Å². The zero-order valence-electron chi connectivity index (χ0n) is 14.2. The number of rotatable bonds is 7. The van der Waals surface area contributed by atoms with E-state index in [0.29, 0.717) is 16.0 Å². The highest BCUT2D eigenvalue weighted by atomic mass is 32.2. The standard InChI is InChI=1S/C15H21N5O3S2/c1-3-11-6-7-13(24-11)25(21,22)16-10-12-17-14(19-15(18-12)23-2)20-8-4-5-9-20/h6-7,16H,3-5,8-10H2,1-2H3. The van der Waals surface area contributed by atoms with Crippen LogP contribution in [0.15, 0.2) is 16.3 Å². The summed E-state index contributed by atoms with van der Waals surface area (Å²) in [5.74, 6) is 0.868. The van der Waals surface area contributed by atoms with Gasteiger partial charge in [-0.15, -0.1) is 11.3 Å². The van der Waals surface area contributed by atoms with Gasteiger partial charge in [0.1, 0.15) is 4.21 Å². The molecule has 0 amide bonds. The molecular weight excluding hydrogens is 362 g/mol. The molecule has 25 heavy (non-hydrogen) atoms. The molecule has 0 aliphatic carbocycles. The molecule has 0 spiro atoms. The van der Waals surface area contributed by atoms with Gasteiger partial charge in [-0.3, -0.25) is 0 Å². The van der Waals surface area contributed by atoms with Crippen molar-refractivity contribution in [1.29, 1.82) is 0 Å². The molecule has 10 heteroatoms. The first kappa shape index (κ1) is 18.0. The molecule has 136 valence electrons.